The fraction of sp³-hybridized carbons (Fsp3) is 0.444. The summed E-state index contributed by atoms with van der Waals surface area (Å²) in [5.74, 6) is 0.221. The van der Waals surface area contributed by atoms with Crippen molar-refractivity contribution in [3.8, 4) is 0 Å². The van der Waals surface area contributed by atoms with Crippen LogP contribution in [0.3, 0.4) is 0 Å². The van der Waals surface area contributed by atoms with Crippen LogP contribution in [0.1, 0.15) is 11.5 Å². The van der Waals surface area contributed by atoms with Crippen molar-refractivity contribution in [1.82, 2.24) is 10.3 Å². The van der Waals surface area contributed by atoms with Crippen molar-refractivity contribution in [3.05, 3.63) is 30.1 Å². The van der Waals surface area contributed by atoms with Gasteiger partial charge < -0.3 is 10.4 Å². The molecule has 0 aromatic carbocycles. The molecule has 1 aromatic heterocycles. The molecule has 2 N–H and O–H groups in total. The first-order chi connectivity index (χ1) is 5.88. The number of aliphatic hydroxyl groups is 1. The second-order valence-corrected chi connectivity index (χ2v) is 3.12. The molecule has 1 saturated heterocycles. The lowest BCUT2D eigenvalue weighted by atomic mass is 9.98. The summed E-state index contributed by atoms with van der Waals surface area (Å²) in [7, 11) is 0. The summed E-state index contributed by atoms with van der Waals surface area (Å²) >= 11 is 0. The molecule has 0 bridgehead atoms. The van der Waals surface area contributed by atoms with E-state index in [0.717, 1.165) is 12.1 Å². The van der Waals surface area contributed by atoms with Crippen LogP contribution in [0.5, 0.6) is 0 Å². The maximum Gasteiger partial charge on any atom is 0.0745 e. The molecular weight excluding hydrogens is 152 g/mol. The highest BCUT2D eigenvalue weighted by atomic mass is 16.3. The van der Waals surface area contributed by atoms with Crippen LogP contribution in [0.15, 0.2) is 24.5 Å². The minimum absolute atomic E-state index is 0.221. The van der Waals surface area contributed by atoms with Crippen molar-refractivity contribution >= 4 is 0 Å². The first-order valence-electron chi connectivity index (χ1n) is 4.16. The van der Waals surface area contributed by atoms with E-state index in [2.05, 4.69) is 10.3 Å². The maximum absolute atomic E-state index is 9.55. The molecule has 3 heteroatoms. The third-order valence-electron chi connectivity index (χ3n) is 2.29. The molecule has 64 valence electrons. The number of hydrogen-bond donors (Lipinski definition) is 2. The second kappa shape index (κ2) is 3.21. The minimum Gasteiger partial charge on any atom is -0.391 e. The first-order valence-corrected chi connectivity index (χ1v) is 4.16. The molecule has 1 fully saturated rings. The highest BCUT2D eigenvalue weighted by Gasteiger charge is 2.25. The average Bonchev–Trinajstić information content (AvgIpc) is 2.53. The van der Waals surface area contributed by atoms with Gasteiger partial charge >= 0.3 is 0 Å². The molecule has 3 nitrogen and oxygen atoms in total. The predicted octanol–water partition coefficient (Wildman–Crippen LogP) is 0.129. The van der Waals surface area contributed by atoms with Gasteiger partial charge in [-0.2, -0.15) is 0 Å². The Labute approximate surface area is 71.4 Å². The summed E-state index contributed by atoms with van der Waals surface area (Å²) in [4.78, 5) is 4.02. The summed E-state index contributed by atoms with van der Waals surface area (Å²) in [5.41, 5.74) is 1.12. The minimum atomic E-state index is -0.255. The van der Waals surface area contributed by atoms with Crippen LogP contribution in [0.2, 0.25) is 0 Å². The van der Waals surface area contributed by atoms with Gasteiger partial charge in [-0.05, 0) is 11.6 Å². The van der Waals surface area contributed by atoms with Gasteiger partial charge in [0.2, 0.25) is 0 Å². The summed E-state index contributed by atoms with van der Waals surface area (Å²) < 4.78 is 0. The van der Waals surface area contributed by atoms with E-state index >= 15 is 0 Å². The molecule has 0 spiro atoms. The van der Waals surface area contributed by atoms with Crippen molar-refractivity contribution in [2.45, 2.75) is 12.0 Å². The van der Waals surface area contributed by atoms with E-state index in [0.29, 0.717) is 6.54 Å². The van der Waals surface area contributed by atoms with E-state index in [-0.39, 0.29) is 12.0 Å². The zero-order valence-corrected chi connectivity index (χ0v) is 6.77. The smallest absolute Gasteiger partial charge is 0.0745 e. The molecule has 2 rings (SSSR count). The normalized spacial score (nSPS) is 29.1. The predicted molar refractivity (Wildman–Crippen MR) is 45.9 cm³/mol. The molecular formula is C9H12N2O. The number of aliphatic hydroxyl groups excluding tert-OH is 1. The zero-order valence-electron chi connectivity index (χ0n) is 6.77. The Morgan fingerprint density at radius 2 is 2.42 bits per heavy atom. The van der Waals surface area contributed by atoms with Gasteiger partial charge in [0.1, 0.15) is 0 Å². The van der Waals surface area contributed by atoms with Gasteiger partial charge in [-0.3, -0.25) is 4.98 Å². The van der Waals surface area contributed by atoms with Gasteiger partial charge in [-0.15, -0.1) is 0 Å². The first kappa shape index (κ1) is 7.71. The lowest BCUT2D eigenvalue weighted by Crippen LogP contribution is -2.16. The molecule has 0 radical (unpaired) electrons. The largest absolute Gasteiger partial charge is 0.391 e. The van der Waals surface area contributed by atoms with Crippen LogP contribution in [-0.2, 0) is 0 Å². The summed E-state index contributed by atoms with van der Waals surface area (Å²) in [6.45, 7) is 1.55. The van der Waals surface area contributed by atoms with Crippen LogP contribution < -0.4 is 5.32 Å². The lowest BCUT2D eigenvalue weighted by molar-refractivity contribution is 0.177. The van der Waals surface area contributed by atoms with Crippen LogP contribution in [-0.4, -0.2) is 29.3 Å². The Morgan fingerprint density at radius 1 is 1.50 bits per heavy atom. The monoisotopic (exact) mass is 164 g/mol. The summed E-state index contributed by atoms with van der Waals surface area (Å²) in [6.07, 6.45) is 3.31. The molecule has 12 heavy (non-hydrogen) atoms. The SMILES string of the molecule is OC1CNCC1c1cccnc1. The average molecular weight is 164 g/mol. The molecule has 0 aliphatic carbocycles. The number of aromatic nitrogens is 1. The molecule has 1 aromatic rings. The summed E-state index contributed by atoms with van der Waals surface area (Å²) in [5, 5.41) is 12.7. The van der Waals surface area contributed by atoms with Gasteiger partial charge in [0.25, 0.3) is 0 Å². The van der Waals surface area contributed by atoms with Gasteiger partial charge in [0.05, 0.1) is 6.10 Å². The topological polar surface area (TPSA) is 45.1 Å². The van der Waals surface area contributed by atoms with Crippen LogP contribution >= 0.6 is 0 Å². The lowest BCUT2D eigenvalue weighted by Gasteiger charge is -2.12. The Hall–Kier alpha value is -0.930. The summed E-state index contributed by atoms with van der Waals surface area (Å²) in [6, 6.07) is 3.91. The van der Waals surface area contributed by atoms with E-state index in [1.807, 2.05) is 18.3 Å². The Kier molecular flexibility index (Phi) is 2.06. The van der Waals surface area contributed by atoms with Gasteiger partial charge in [0.15, 0.2) is 0 Å². The van der Waals surface area contributed by atoms with Crippen molar-refractivity contribution in [2.75, 3.05) is 13.1 Å². The molecule has 2 atom stereocenters. The zero-order chi connectivity index (χ0) is 8.39. The Morgan fingerprint density at radius 3 is 3.00 bits per heavy atom. The highest BCUT2D eigenvalue weighted by molar-refractivity contribution is 5.18. The third-order valence-corrected chi connectivity index (χ3v) is 2.29. The van der Waals surface area contributed by atoms with E-state index in [1.165, 1.54) is 0 Å². The number of nitrogens with zero attached hydrogens (tertiary/aromatic N) is 1. The van der Waals surface area contributed by atoms with Crippen molar-refractivity contribution in [2.24, 2.45) is 0 Å². The Bertz CT molecular complexity index is 250. The number of nitrogens with one attached hydrogen (secondary N) is 1. The van der Waals surface area contributed by atoms with Gasteiger partial charge in [-0.1, -0.05) is 6.07 Å². The van der Waals surface area contributed by atoms with E-state index < -0.39 is 0 Å². The number of rotatable bonds is 1. The van der Waals surface area contributed by atoms with E-state index in [9.17, 15) is 5.11 Å². The molecule has 2 unspecified atom stereocenters. The second-order valence-electron chi connectivity index (χ2n) is 3.12. The molecule has 2 heterocycles. The van der Waals surface area contributed by atoms with Crippen LogP contribution in [0, 0.1) is 0 Å². The maximum atomic E-state index is 9.55. The Balaban J connectivity index is 2.19. The molecule has 1 aliphatic heterocycles. The van der Waals surface area contributed by atoms with E-state index in [1.54, 1.807) is 6.20 Å². The fourth-order valence-corrected chi connectivity index (χ4v) is 1.60. The standard InChI is InChI=1S/C9H12N2O/c12-9-6-11-5-8(9)7-2-1-3-10-4-7/h1-4,8-9,11-12H,5-6H2. The molecule has 0 saturated carbocycles. The van der Waals surface area contributed by atoms with Crippen LogP contribution in [0.4, 0.5) is 0 Å². The van der Waals surface area contributed by atoms with Crippen molar-refractivity contribution in [3.63, 3.8) is 0 Å². The number of β-amino-alcohol motifs (C(OH)–C–C–N with tert-alkyl or cyclic N) is 1. The quantitative estimate of drug-likeness (QED) is 0.620. The van der Waals surface area contributed by atoms with Crippen molar-refractivity contribution in [1.29, 1.82) is 0 Å². The molecule has 0 amide bonds. The van der Waals surface area contributed by atoms with Crippen molar-refractivity contribution < 1.29 is 5.11 Å². The van der Waals surface area contributed by atoms with Gasteiger partial charge in [-0.25, -0.2) is 0 Å². The van der Waals surface area contributed by atoms with E-state index in [4.69, 9.17) is 0 Å². The fourth-order valence-electron chi connectivity index (χ4n) is 1.60. The van der Waals surface area contributed by atoms with Crippen LogP contribution in [0.25, 0.3) is 0 Å². The molecule has 1 aliphatic rings. The third kappa shape index (κ3) is 1.33. The highest BCUT2D eigenvalue weighted by Crippen LogP contribution is 2.21. The number of hydrogen-bond acceptors (Lipinski definition) is 3. The van der Waals surface area contributed by atoms with Gasteiger partial charge in [0, 0.05) is 31.4 Å². The number of pyridine rings is 1.